The van der Waals surface area contributed by atoms with Crippen LogP contribution in [0, 0.1) is 6.92 Å². The van der Waals surface area contributed by atoms with Gasteiger partial charge in [-0.05, 0) is 13.3 Å². The standard InChI is InChI=1S/C11H20N4O3/c1-9-8-10(14-11(13-9)15-12)18-7-6-17-5-3-4-16-2/h8H,3-7,12H2,1-2H3,(H,13,14,15). The van der Waals surface area contributed by atoms with Crippen LogP contribution in [0.25, 0.3) is 0 Å². The Morgan fingerprint density at radius 2 is 2.06 bits per heavy atom. The minimum Gasteiger partial charge on any atom is -0.475 e. The van der Waals surface area contributed by atoms with Gasteiger partial charge in [-0.2, -0.15) is 4.98 Å². The van der Waals surface area contributed by atoms with Gasteiger partial charge < -0.3 is 14.2 Å². The van der Waals surface area contributed by atoms with Crippen LogP contribution in [0.4, 0.5) is 5.95 Å². The molecule has 1 aromatic rings. The minimum atomic E-state index is 0.339. The molecule has 102 valence electrons. The largest absolute Gasteiger partial charge is 0.475 e. The molecule has 0 aromatic carbocycles. The number of aromatic nitrogens is 2. The average molecular weight is 256 g/mol. The number of aryl methyl sites for hydroxylation is 1. The van der Waals surface area contributed by atoms with Crippen LogP contribution in [0.3, 0.4) is 0 Å². The van der Waals surface area contributed by atoms with E-state index in [1.54, 1.807) is 13.2 Å². The molecule has 0 spiro atoms. The fraction of sp³-hybridized carbons (Fsp3) is 0.636. The Kier molecular flexibility index (Phi) is 7.00. The zero-order valence-electron chi connectivity index (χ0n) is 10.8. The molecule has 7 nitrogen and oxygen atoms in total. The van der Waals surface area contributed by atoms with Crippen LogP contribution < -0.4 is 16.0 Å². The van der Waals surface area contributed by atoms with E-state index < -0.39 is 0 Å². The van der Waals surface area contributed by atoms with Crippen molar-refractivity contribution in [2.45, 2.75) is 13.3 Å². The van der Waals surface area contributed by atoms with Gasteiger partial charge in [-0.25, -0.2) is 10.8 Å². The van der Waals surface area contributed by atoms with E-state index in [1.807, 2.05) is 6.92 Å². The first-order valence-corrected chi connectivity index (χ1v) is 5.78. The zero-order chi connectivity index (χ0) is 13.2. The SMILES string of the molecule is COCCCOCCOc1cc(C)nc(NN)n1. The monoisotopic (exact) mass is 256 g/mol. The van der Waals surface area contributed by atoms with Crippen molar-refractivity contribution in [1.82, 2.24) is 9.97 Å². The van der Waals surface area contributed by atoms with Gasteiger partial charge in [0, 0.05) is 32.1 Å². The van der Waals surface area contributed by atoms with Crippen LogP contribution in [-0.2, 0) is 9.47 Å². The van der Waals surface area contributed by atoms with Crippen molar-refractivity contribution >= 4 is 5.95 Å². The van der Waals surface area contributed by atoms with Crippen molar-refractivity contribution in [1.29, 1.82) is 0 Å². The lowest BCUT2D eigenvalue weighted by Crippen LogP contribution is -2.13. The van der Waals surface area contributed by atoms with E-state index in [-0.39, 0.29) is 0 Å². The van der Waals surface area contributed by atoms with E-state index in [0.717, 1.165) is 12.1 Å². The van der Waals surface area contributed by atoms with E-state index in [1.165, 1.54) is 0 Å². The number of hydrazine groups is 1. The maximum absolute atomic E-state index is 5.43. The molecule has 0 amide bonds. The summed E-state index contributed by atoms with van der Waals surface area (Å²) in [5, 5.41) is 0. The van der Waals surface area contributed by atoms with Crippen LogP contribution in [0.15, 0.2) is 6.07 Å². The third kappa shape index (κ3) is 5.76. The van der Waals surface area contributed by atoms with Crippen molar-refractivity contribution < 1.29 is 14.2 Å². The molecule has 0 atom stereocenters. The van der Waals surface area contributed by atoms with Crippen molar-refractivity contribution in [3.05, 3.63) is 11.8 Å². The summed E-state index contributed by atoms with van der Waals surface area (Å²) in [6, 6.07) is 1.74. The summed E-state index contributed by atoms with van der Waals surface area (Å²) < 4.78 is 15.7. The molecule has 0 saturated carbocycles. The lowest BCUT2D eigenvalue weighted by molar-refractivity contribution is 0.0795. The predicted octanol–water partition coefficient (Wildman–Crippen LogP) is 0.503. The Hall–Kier alpha value is -1.44. The zero-order valence-corrected chi connectivity index (χ0v) is 10.8. The molecule has 1 rings (SSSR count). The highest BCUT2D eigenvalue weighted by Crippen LogP contribution is 2.10. The normalized spacial score (nSPS) is 10.4. The lowest BCUT2D eigenvalue weighted by atomic mass is 10.4. The third-order valence-corrected chi connectivity index (χ3v) is 2.07. The maximum Gasteiger partial charge on any atom is 0.240 e. The number of ether oxygens (including phenoxy) is 3. The summed E-state index contributed by atoms with van der Waals surface area (Å²) in [5.74, 6) is 6.06. The molecule has 7 heteroatoms. The molecule has 0 aliphatic heterocycles. The molecule has 1 heterocycles. The molecule has 0 saturated heterocycles. The van der Waals surface area contributed by atoms with Crippen molar-refractivity contribution in [3.63, 3.8) is 0 Å². The van der Waals surface area contributed by atoms with Crippen molar-refractivity contribution in [3.8, 4) is 5.88 Å². The Morgan fingerprint density at radius 3 is 2.78 bits per heavy atom. The Labute approximate surface area is 107 Å². The van der Waals surface area contributed by atoms with Gasteiger partial charge in [0.1, 0.15) is 6.61 Å². The predicted molar refractivity (Wildman–Crippen MR) is 67.4 cm³/mol. The summed E-state index contributed by atoms with van der Waals surface area (Å²) in [6.45, 7) is 4.16. The minimum absolute atomic E-state index is 0.339. The molecule has 0 unspecified atom stereocenters. The summed E-state index contributed by atoms with van der Waals surface area (Å²) in [4.78, 5) is 8.11. The van der Waals surface area contributed by atoms with E-state index in [2.05, 4.69) is 15.4 Å². The number of nitrogens with one attached hydrogen (secondary N) is 1. The van der Waals surface area contributed by atoms with Crippen molar-refractivity contribution in [2.75, 3.05) is 39.0 Å². The summed E-state index contributed by atoms with van der Waals surface area (Å²) in [7, 11) is 1.67. The summed E-state index contributed by atoms with van der Waals surface area (Å²) in [5.41, 5.74) is 3.17. The summed E-state index contributed by atoms with van der Waals surface area (Å²) >= 11 is 0. The molecular formula is C11H20N4O3. The number of nitrogen functional groups attached to an aromatic ring is 1. The highest BCUT2D eigenvalue weighted by Gasteiger charge is 2.01. The van der Waals surface area contributed by atoms with E-state index in [9.17, 15) is 0 Å². The van der Waals surface area contributed by atoms with Gasteiger partial charge in [-0.15, -0.1) is 0 Å². The van der Waals surface area contributed by atoms with Gasteiger partial charge in [0.2, 0.25) is 11.8 Å². The molecule has 0 bridgehead atoms. The lowest BCUT2D eigenvalue weighted by Gasteiger charge is -2.08. The Bertz CT molecular complexity index is 349. The molecule has 1 aromatic heterocycles. The van der Waals surface area contributed by atoms with Gasteiger partial charge in [0.25, 0.3) is 0 Å². The third-order valence-electron chi connectivity index (χ3n) is 2.07. The van der Waals surface area contributed by atoms with Crippen LogP contribution in [0.1, 0.15) is 12.1 Å². The quantitative estimate of drug-likeness (QED) is 0.377. The number of anilines is 1. The van der Waals surface area contributed by atoms with Crippen LogP contribution >= 0.6 is 0 Å². The fourth-order valence-electron chi connectivity index (χ4n) is 1.29. The van der Waals surface area contributed by atoms with Gasteiger partial charge in [-0.1, -0.05) is 0 Å². The van der Waals surface area contributed by atoms with Gasteiger partial charge in [0.15, 0.2) is 0 Å². The average Bonchev–Trinajstić information content (AvgIpc) is 2.37. The van der Waals surface area contributed by atoms with E-state index >= 15 is 0 Å². The highest BCUT2D eigenvalue weighted by molar-refractivity contribution is 5.28. The first-order chi connectivity index (χ1) is 8.76. The smallest absolute Gasteiger partial charge is 0.240 e. The van der Waals surface area contributed by atoms with Gasteiger partial charge >= 0.3 is 0 Å². The maximum atomic E-state index is 5.43. The number of nitrogens with two attached hydrogens (primary N) is 1. The molecule has 0 aliphatic rings. The number of methoxy groups -OCH3 is 1. The van der Waals surface area contributed by atoms with E-state index in [0.29, 0.717) is 38.3 Å². The second-order valence-electron chi connectivity index (χ2n) is 3.62. The molecule has 0 fully saturated rings. The van der Waals surface area contributed by atoms with Gasteiger partial charge in [0.05, 0.1) is 6.61 Å². The Balaban J connectivity index is 2.20. The fourth-order valence-corrected chi connectivity index (χ4v) is 1.29. The van der Waals surface area contributed by atoms with Crippen LogP contribution in [-0.4, -0.2) is 43.5 Å². The number of hydrogen-bond acceptors (Lipinski definition) is 7. The number of rotatable bonds is 9. The number of hydrogen-bond donors (Lipinski definition) is 2. The second kappa shape index (κ2) is 8.62. The topological polar surface area (TPSA) is 91.5 Å². The molecule has 18 heavy (non-hydrogen) atoms. The molecule has 3 N–H and O–H groups in total. The summed E-state index contributed by atoms with van der Waals surface area (Å²) in [6.07, 6.45) is 0.879. The first-order valence-electron chi connectivity index (χ1n) is 5.78. The first kappa shape index (κ1) is 14.6. The van der Waals surface area contributed by atoms with Crippen LogP contribution in [0.5, 0.6) is 5.88 Å². The molecule has 0 radical (unpaired) electrons. The highest BCUT2D eigenvalue weighted by atomic mass is 16.5. The molecule has 0 aliphatic carbocycles. The Morgan fingerprint density at radius 1 is 1.22 bits per heavy atom. The second-order valence-corrected chi connectivity index (χ2v) is 3.62. The van der Waals surface area contributed by atoms with Crippen molar-refractivity contribution in [2.24, 2.45) is 5.84 Å². The molecular weight excluding hydrogens is 236 g/mol. The number of nitrogens with zero attached hydrogens (tertiary/aromatic N) is 2. The van der Waals surface area contributed by atoms with E-state index in [4.69, 9.17) is 20.1 Å². The van der Waals surface area contributed by atoms with Crippen LogP contribution in [0.2, 0.25) is 0 Å². The van der Waals surface area contributed by atoms with Gasteiger partial charge in [-0.3, -0.25) is 5.43 Å².